The number of halogens is 3. The molecule has 0 amide bonds. The molecule has 2 fully saturated rings. The molecule has 1 aliphatic heterocycles. The van der Waals surface area contributed by atoms with Gasteiger partial charge in [0.1, 0.15) is 6.54 Å². The molecule has 31 heavy (non-hydrogen) atoms. The van der Waals surface area contributed by atoms with Crippen LogP contribution < -0.4 is 10.3 Å². The van der Waals surface area contributed by atoms with Crippen LogP contribution in [0.15, 0.2) is 29.1 Å². The van der Waals surface area contributed by atoms with Crippen LogP contribution in [0.2, 0.25) is 0 Å². The van der Waals surface area contributed by atoms with Crippen molar-refractivity contribution in [2.75, 3.05) is 13.1 Å². The van der Waals surface area contributed by atoms with Crippen molar-refractivity contribution in [3.63, 3.8) is 0 Å². The molecule has 3 atom stereocenters. The standard InChI is InChI=1S/C20H23F3N4O3S/c1-26-18(28)9-17(24-26)13-3-2-12-7-15-4-5-16(8-14(12)6-13)19(15)10-27(11-20(21,22)23)31(29,30)25-19/h2-3,6,9,15-16,24-25H,4-5,7-8,10-11H2,1H3/t15-,16+,19+/m0/s1. The van der Waals surface area contributed by atoms with Crippen molar-refractivity contribution in [2.24, 2.45) is 18.9 Å². The number of aromatic amines is 1. The average Bonchev–Trinajstić information content (AvgIpc) is 3.19. The van der Waals surface area contributed by atoms with Crippen molar-refractivity contribution in [3.8, 4) is 11.3 Å². The quantitative estimate of drug-likeness (QED) is 0.724. The molecule has 2 N–H and O–H groups in total. The number of H-pyrrole nitrogens is 1. The highest BCUT2D eigenvalue weighted by atomic mass is 32.2. The number of nitrogens with one attached hydrogen (secondary N) is 2. The van der Waals surface area contributed by atoms with Gasteiger partial charge in [0, 0.05) is 19.7 Å². The molecule has 5 rings (SSSR count). The zero-order valence-electron chi connectivity index (χ0n) is 16.9. The first-order chi connectivity index (χ1) is 14.5. The second-order valence-corrected chi connectivity index (χ2v) is 10.6. The molecular formula is C20H23F3N4O3S. The summed E-state index contributed by atoms with van der Waals surface area (Å²) in [5.41, 5.74) is 2.66. The molecule has 2 heterocycles. The molecule has 1 aromatic carbocycles. The molecule has 1 saturated carbocycles. The smallest absolute Gasteiger partial charge is 0.295 e. The fraction of sp³-hybridized carbons (Fsp3) is 0.550. The second-order valence-electron chi connectivity index (χ2n) is 8.96. The number of hydrogen-bond acceptors (Lipinski definition) is 3. The highest BCUT2D eigenvalue weighted by molar-refractivity contribution is 7.87. The third-order valence-electron chi connectivity index (χ3n) is 7.11. The molecule has 7 nitrogen and oxygen atoms in total. The lowest BCUT2D eigenvalue weighted by molar-refractivity contribution is -0.136. The molecule has 11 heteroatoms. The minimum absolute atomic E-state index is 0.0610. The van der Waals surface area contributed by atoms with Gasteiger partial charge in [0.2, 0.25) is 0 Å². The highest BCUT2D eigenvalue weighted by Gasteiger charge is 2.60. The summed E-state index contributed by atoms with van der Waals surface area (Å²) in [4.78, 5) is 11.8. The van der Waals surface area contributed by atoms with Crippen LogP contribution in [-0.2, 0) is 30.1 Å². The van der Waals surface area contributed by atoms with Crippen molar-refractivity contribution in [1.82, 2.24) is 18.8 Å². The Hall–Kier alpha value is -2.11. The van der Waals surface area contributed by atoms with Gasteiger partial charge in [0.25, 0.3) is 15.8 Å². The maximum Gasteiger partial charge on any atom is 0.402 e. The Labute approximate surface area is 177 Å². The zero-order chi connectivity index (χ0) is 22.2. The van der Waals surface area contributed by atoms with E-state index in [1.165, 1.54) is 10.7 Å². The van der Waals surface area contributed by atoms with Crippen LogP contribution in [0.1, 0.15) is 24.0 Å². The first kappa shape index (κ1) is 20.8. The number of nitrogens with zero attached hydrogens (tertiary/aromatic N) is 2. The molecule has 0 radical (unpaired) electrons. The van der Waals surface area contributed by atoms with Crippen molar-refractivity contribution in [3.05, 3.63) is 45.7 Å². The molecule has 2 aromatic rings. The topological polar surface area (TPSA) is 87.2 Å². The van der Waals surface area contributed by atoms with E-state index in [1.54, 1.807) is 7.05 Å². The van der Waals surface area contributed by atoms with Gasteiger partial charge in [-0.1, -0.05) is 12.1 Å². The van der Waals surface area contributed by atoms with Crippen LogP contribution in [0.3, 0.4) is 0 Å². The summed E-state index contributed by atoms with van der Waals surface area (Å²) in [5, 5.41) is 3.00. The van der Waals surface area contributed by atoms with Gasteiger partial charge in [-0.3, -0.25) is 14.6 Å². The van der Waals surface area contributed by atoms with Gasteiger partial charge >= 0.3 is 6.18 Å². The molecule has 1 aromatic heterocycles. The monoisotopic (exact) mass is 456 g/mol. The van der Waals surface area contributed by atoms with E-state index < -0.39 is 28.5 Å². The van der Waals surface area contributed by atoms with Gasteiger partial charge in [0.15, 0.2) is 0 Å². The summed E-state index contributed by atoms with van der Waals surface area (Å²) in [6.07, 6.45) is -1.85. The molecule has 2 bridgehead atoms. The lowest BCUT2D eigenvalue weighted by atomic mass is 9.79. The molecule has 168 valence electrons. The van der Waals surface area contributed by atoms with E-state index in [0.29, 0.717) is 22.8 Å². The van der Waals surface area contributed by atoms with Gasteiger partial charge in [-0.05, 0) is 60.3 Å². The largest absolute Gasteiger partial charge is 0.402 e. The molecular weight excluding hydrogens is 433 g/mol. The molecule has 0 unspecified atom stereocenters. The van der Waals surface area contributed by atoms with E-state index >= 15 is 0 Å². The van der Waals surface area contributed by atoms with E-state index in [-0.39, 0.29) is 23.9 Å². The SMILES string of the molecule is Cn1[nH]c(-c2ccc3c(c2)C[C@H]2CC[C@@H](C3)[C@]23CN(CC(F)(F)F)S(=O)(=O)N3)cc1=O. The molecule has 2 aliphatic carbocycles. The summed E-state index contributed by atoms with van der Waals surface area (Å²) in [7, 11) is -2.55. The minimum atomic E-state index is -4.59. The summed E-state index contributed by atoms with van der Waals surface area (Å²) in [6.45, 7) is -1.63. The first-order valence-electron chi connectivity index (χ1n) is 10.2. The second kappa shape index (κ2) is 6.69. The number of benzene rings is 1. The Bertz CT molecular complexity index is 1200. The van der Waals surface area contributed by atoms with Crippen LogP contribution in [0, 0.1) is 11.8 Å². The highest BCUT2D eigenvalue weighted by Crippen LogP contribution is 2.50. The summed E-state index contributed by atoms with van der Waals surface area (Å²) in [5.74, 6) is -0.147. The van der Waals surface area contributed by atoms with Crippen LogP contribution in [0.5, 0.6) is 0 Å². The number of hydrogen-bond donors (Lipinski definition) is 2. The third kappa shape index (κ3) is 3.42. The first-order valence-corrected chi connectivity index (χ1v) is 11.6. The fourth-order valence-corrected chi connectivity index (χ4v) is 7.36. The van der Waals surface area contributed by atoms with Crippen LogP contribution in [0.4, 0.5) is 13.2 Å². The maximum atomic E-state index is 13.0. The van der Waals surface area contributed by atoms with Gasteiger partial charge in [0.05, 0.1) is 11.2 Å². The lowest BCUT2D eigenvalue weighted by Gasteiger charge is -2.33. The number of fused-ring (bicyclic) bond motifs is 1. The van der Waals surface area contributed by atoms with E-state index in [0.717, 1.165) is 29.5 Å². The number of aryl methyl sites for hydroxylation is 1. The van der Waals surface area contributed by atoms with Crippen molar-refractivity contribution >= 4 is 10.2 Å². The van der Waals surface area contributed by atoms with Gasteiger partial charge < -0.3 is 0 Å². The Morgan fingerprint density at radius 3 is 2.42 bits per heavy atom. The molecule has 3 aliphatic rings. The minimum Gasteiger partial charge on any atom is -0.295 e. The van der Waals surface area contributed by atoms with Crippen molar-refractivity contribution in [1.29, 1.82) is 0 Å². The predicted octanol–water partition coefficient (Wildman–Crippen LogP) is 1.96. The summed E-state index contributed by atoms with van der Waals surface area (Å²) >= 11 is 0. The van der Waals surface area contributed by atoms with Crippen molar-refractivity contribution < 1.29 is 21.6 Å². The Balaban J connectivity index is 1.49. The average molecular weight is 456 g/mol. The van der Waals surface area contributed by atoms with Crippen LogP contribution in [0.25, 0.3) is 11.3 Å². The van der Waals surface area contributed by atoms with Gasteiger partial charge in [-0.15, -0.1) is 0 Å². The number of alkyl halides is 3. The van der Waals surface area contributed by atoms with Crippen LogP contribution in [-0.4, -0.2) is 47.3 Å². The molecule has 1 saturated heterocycles. The number of rotatable bonds is 2. The fourth-order valence-electron chi connectivity index (χ4n) is 5.65. The predicted molar refractivity (Wildman–Crippen MR) is 108 cm³/mol. The van der Waals surface area contributed by atoms with Crippen molar-refractivity contribution in [2.45, 2.75) is 37.4 Å². The van der Waals surface area contributed by atoms with Crippen LogP contribution >= 0.6 is 0 Å². The number of aromatic nitrogens is 2. The summed E-state index contributed by atoms with van der Waals surface area (Å²) < 4.78 is 68.7. The third-order valence-corrected chi connectivity index (χ3v) is 8.69. The normalized spacial score (nSPS) is 29.9. The van der Waals surface area contributed by atoms with E-state index in [2.05, 4.69) is 9.82 Å². The lowest BCUT2D eigenvalue weighted by Crippen LogP contribution is -2.52. The van der Waals surface area contributed by atoms with Gasteiger partial charge in [-0.2, -0.15) is 30.6 Å². The Kier molecular flexibility index (Phi) is 4.49. The van der Waals surface area contributed by atoms with E-state index in [9.17, 15) is 26.4 Å². The molecule has 1 spiro atoms. The van der Waals surface area contributed by atoms with E-state index in [4.69, 9.17) is 0 Å². The maximum absolute atomic E-state index is 13.0. The Morgan fingerprint density at radius 1 is 1.13 bits per heavy atom. The zero-order valence-corrected chi connectivity index (χ0v) is 17.7. The Morgan fingerprint density at radius 2 is 1.81 bits per heavy atom. The summed E-state index contributed by atoms with van der Waals surface area (Å²) in [6, 6.07) is 7.43. The van der Waals surface area contributed by atoms with E-state index in [1.807, 2.05) is 18.2 Å². The van der Waals surface area contributed by atoms with Gasteiger partial charge in [-0.25, -0.2) is 0 Å².